The fraction of sp³-hybridized carbons (Fsp3) is 0.382. The topological polar surface area (TPSA) is 219 Å². The number of rotatable bonds is 3. The second kappa shape index (κ2) is 9.82. The lowest BCUT2D eigenvalue weighted by atomic mass is 9.63. The van der Waals surface area contributed by atoms with E-state index in [1.807, 2.05) is 0 Å². The van der Waals surface area contributed by atoms with Gasteiger partial charge in [0.15, 0.2) is 16.6 Å². The number of hydrogen-bond donors (Lipinski definition) is 5. The molecule has 248 valence electrons. The smallest absolute Gasteiger partial charge is 0.342 e. The van der Waals surface area contributed by atoms with Crippen LogP contribution >= 0.6 is 0 Å². The summed E-state index contributed by atoms with van der Waals surface area (Å²) >= 11 is 0. The summed E-state index contributed by atoms with van der Waals surface area (Å²) in [6.45, 7) is 2.89. The summed E-state index contributed by atoms with van der Waals surface area (Å²) in [6.07, 6.45) is -4.45. The van der Waals surface area contributed by atoms with Gasteiger partial charge in [0.25, 0.3) is 0 Å². The molecule has 5 N–H and O–H groups in total. The molecule has 14 nitrogen and oxygen atoms in total. The van der Waals surface area contributed by atoms with Gasteiger partial charge < -0.3 is 44.3 Å². The molecule has 0 saturated carbocycles. The van der Waals surface area contributed by atoms with Crippen LogP contribution in [0.25, 0.3) is 21.5 Å². The Bertz CT molecular complexity index is 2290. The monoisotopic (exact) mass is 659 g/mol. The van der Waals surface area contributed by atoms with Crippen molar-refractivity contribution in [3.05, 3.63) is 77.7 Å². The zero-order chi connectivity index (χ0) is 34.3. The number of aliphatic hydroxyl groups is 3. The largest absolute Gasteiger partial charge is 0.507 e. The number of aliphatic hydroxyl groups excluding tert-OH is 3. The van der Waals surface area contributed by atoms with E-state index >= 15 is 4.79 Å². The third kappa shape index (κ3) is 3.47. The number of cyclic esters (lactones) is 1. The molecule has 0 radical (unpaired) electrons. The van der Waals surface area contributed by atoms with Crippen molar-refractivity contribution >= 4 is 39.3 Å². The number of esters is 2. The predicted molar refractivity (Wildman–Crippen MR) is 164 cm³/mol. The highest BCUT2D eigenvalue weighted by atomic mass is 16.6. The number of ketones is 1. The molecule has 1 aromatic heterocycles. The van der Waals surface area contributed by atoms with Gasteiger partial charge in [-0.1, -0.05) is 0 Å². The van der Waals surface area contributed by atoms with Crippen molar-refractivity contribution in [3.8, 4) is 11.6 Å². The Morgan fingerprint density at radius 2 is 1.73 bits per heavy atom. The number of phenolic OH excluding ortho intramolecular Hbond substituents is 1. The van der Waals surface area contributed by atoms with Crippen LogP contribution in [0.2, 0.25) is 0 Å². The molecule has 48 heavy (non-hydrogen) atoms. The maximum absolute atomic E-state index is 15.1. The molecule has 1 saturated heterocycles. The average molecular weight is 660 g/mol. The van der Waals surface area contributed by atoms with Crippen LogP contribution in [0, 0.1) is 13.8 Å². The van der Waals surface area contributed by atoms with Gasteiger partial charge in [-0.05, 0) is 53.6 Å². The van der Waals surface area contributed by atoms with Crippen LogP contribution in [0.1, 0.15) is 67.4 Å². The van der Waals surface area contributed by atoms with Crippen molar-refractivity contribution in [2.45, 2.75) is 62.6 Å². The first kappa shape index (κ1) is 30.4. The molecule has 3 heterocycles. The first-order chi connectivity index (χ1) is 22.8. The molecule has 2 aliphatic carbocycles. The molecule has 2 bridgehead atoms. The second-order valence-electron chi connectivity index (χ2n) is 13.1. The number of benzene rings is 3. The van der Waals surface area contributed by atoms with Crippen molar-refractivity contribution in [3.63, 3.8) is 0 Å². The summed E-state index contributed by atoms with van der Waals surface area (Å²) in [5, 5.41) is 53.7. The minimum absolute atomic E-state index is 0.0146. The maximum Gasteiger partial charge on any atom is 0.342 e. The van der Waals surface area contributed by atoms with E-state index in [0.29, 0.717) is 11.1 Å². The molecule has 0 unspecified atom stereocenters. The van der Waals surface area contributed by atoms with Gasteiger partial charge in [0.05, 0.1) is 36.0 Å². The average Bonchev–Trinajstić information content (AvgIpc) is 3.23. The van der Waals surface area contributed by atoms with E-state index in [4.69, 9.17) is 14.2 Å². The maximum atomic E-state index is 15.1. The Morgan fingerprint density at radius 1 is 1.00 bits per heavy atom. The van der Waals surface area contributed by atoms with Crippen LogP contribution in [-0.2, 0) is 24.4 Å². The van der Waals surface area contributed by atoms with Gasteiger partial charge in [-0.25, -0.2) is 4.79 Å². The summed E-state index contributed by atoms with van der Waals surface area (Å²) in [5.74, 6) is -4.68. The number of aromatic hydroxyl groups is 2. The van der Waals surface area contributed by atoms with Crippen LogP contribution in [0.4, 0.5) is 0 Å². The van der Waals surface area contributed by atoms with Gasteiger partial charge in [0.1, 0.15) is 42.3 Å². The predicted octanol–water partition coefficient (Wildman–Crippen LogP) is 0.316. The van der Waals surface area contributed by atoms with Crippen LogP contribution in [0.15, 0.2) is 27.9 Å². The number of aryl methyl sites for hydroxylation is 2. The minimum Gasteiger partial charge on any atom is -0.507 e. The Hall–Kier alpha value is -4.89. The number of fused-ring (bicyclic) bond motifs is 4. The Morgan fingerprint density at radius 3 is 2.42 bits per heavy atom. The molecule has 8 rings (SSSR count). The number of phenols is 1. The lowest BCUT2D eigenvalue weighted by Crippen LogP contribution is -2.55. The van der Waals surface area contributed by atoms with Gasteiger partial charge in [-0.2, -0.15) is 0 Å². The number of carbonyl (C=O) groups is 3. The van der Waals surface area contributed by atoms with Crippen molar-refractivity contribution in [1.82, 2.24) is 4.57 Å². The quantitative estimate of drug-likeness (QED) is 0.187. The highest BCUT2D eigenvalue weighted by molar-refractivity contribution is 6.19. The van der Waals surface area contributed by atoms with E-state index in [0.717, 1.165) is 11.5 Å². The number of hydrogen-bond acceptors (Lipinski definition) is 13. The summed E-state index contributed by atoms with van der Waals surface area (Å²) in [6, 6.07) is 1.28. The molecule has 2 aliphatic heterocycles. The summed E-state index contributed by atoms with van der Waals surface area (Å²) in [4.78, 5) is 69.1. The van der Waals surface area contributed by atoms with Crippen LogP contribution in [0.5, 0.6) is 11.6 Å². The van der Waals surface area contributed by atoms with E-state index in [1.54, 1.807) is 13.8 Å². The molecule has 4 aliphatic rings. The molecule has 14 heteroatoms. The zero-order valence-corrected chi connectivity index (χ0v) is 25.8. The van der Waals surface area contributed by atoms with E-state index in [2.05, 4.69) is 0 Å². The van der Waals surface area contributed by atoms with Crippen molar-refractivity contribution in [2.75, 3.05) is 19.8 Å². The number of pyridine rings is 1. The van der Waals surface area contributed by atoms with Crippen molar-refractivity contribution < 1.29 is 54.1 Å². The summed E-state index contributed by atoms with van der Waals surface area (Å²) in [7, 11) is 0. The number of Topliss-reactive ketones (excluding diaryl/α,β-unsaturated/α-hetero) is 1. The Labute approximate surface area is 269 Å². The van der Waals surface area contributed by atoms with Crippen molar-refractivity contribution in [1.29, 1.82) is 0 Å². The van der Waals surface area contributed by atoms with Crippen LogP contribution in [-0.4, -0.2) is 92.1 Å². The standard InChI is InChI=1S/C34H29NO13/c1-10-4-15(38)21-20-13(6-35(32(21)44)14-8-46-17(7-36)29(42)28(14)41)27(40)26-23(18(10)20)24-30(43)19-11(2)5-16(39)22-25(19)34(26,9-47-33(22)45)31(24)48-12(3)37/h4-6,14,17,24,28-29,31,36,39,41-42,44H,7-9H2,1-3H3/t14-,17+,24-,28+,29+,31-,34-/m0/s1. The summed E-state index contributed by atoms with van der Waals surface area (Å²) < 4.78 is 18.0. The molecule has 1 spiro atoms. The lowest BCUT2D eigenvalue weighted by molar-refractivity contribution is -0.170. The van der Waals surface area contributed by atoms with E-state index in [9.17, 15) is 44.7 Å². The van der Waals surface area contributed by atoms with Gasteiger partial charge >= 0.3 is 11.9 Å². The Balaban J connectivity index is 1.55. The zero-order valence-electron chi connectivity index (χ0n) is 25.8. The fourth-order valence-electron chi connectivity index (χ4n) is 8.72. The third-order valence-corrected chi connectivity index (χ3v) is 10.6. The minimum atomic E-state index is -1.74. The molecule has 7 atom stereocenters. The van der Waals surface area contributed by atoms with Gasteiger partial charge in [0, 0.05) is 35.0 Å². The van der Waals surface area contributed by atoms with Crippen LogP contribution in [0.3, 0.4) is 0 Å². The lowest BCUT2D eigenvalue weighted by Gasteiger charge is -2.44. The fourth-order valence-corrected chi connectivity index (χ4v) is 8.72. The molecular formula is C34H29NO13. The number of nitrogens with zero attached hydrogens (tertiary/aromatic N) is 1. The summed E-state index contributed by atoms with van der Waals surface area (Å²) in [5.41, 5.74) is -2.57. The molecule has 1 fully saturated rings. The Kier molecular flexibility index (Phi) is 6.23. The van der Waals surface area contributed by atoms with E-state index in [-0.39, 0.29) is 56.0 Å². The molecular weight excluding hydrogens is 630 g/mol. The molecule has 3 aromatic carbocycles. The number of ether oxygens (including phenoxy) is 3. The molecule has 0 amide bonds. The normalized spacial score (nSPS) is 28.8. The SMILES string of the molecule is CC(=O)O[C@H]1[C@@H]2C(=O)c3c(C)cc(O)c4c3[C@@]1(COC4=O)c1c2c2c(C)cc(=O)c3c(O)n([C@H]4CO[C@H](CO)[C@@H](O)[C@@H]4O)cc(c1=O)c23. The first-order valence-electron chi connectivity index (χ1n) is 15.3. The second-order valence-corrected chi connectivity index (χ2v) is 13.1. The molecule has 4 aromatic rings. The van der Waals surface area contributed by atoms with Gasteiger partial charge in [-0.3, -0.25) is 19.2 Å². The van der Waals surface area contributed by atoms with E-state index in [1.165, 1.54) is 18.3 Å². The highest BCUT2D eigenvalue weighted by Crippen LogP contribution is 2.61. The first-order valence-corrected chi connectivity index (χ1v) is 15.3. The van der Waals surface area contributed by atoms with Gasteiger partial charge in [-0.15, -0.1) is 0 Å². The van der Waals surface area contributed by atoms with E-state index < -0.39 is 95.2 Å². The third-order valence-electron chi connectivity index (χ3n) is 10.6. The number of carbonyl (C=O) groups excluding carboxylic acids is 3. The highest BCUT2D eigenvalue weighted by Gasteiger charge is 2.67. The number of aromatic nitrogens is 1. The van der Waals surface area contributed by atoms with Crippen LogP contribution < -0.4 is 10.9 Å². The van der Waals surface area contributed by atoms with Gasteiger partial charge in [0.2, 0.25) is 5.88 Å². The van der Waals surface area contributed by atoms with Crippen molar-refractivity contribution in [2.24, 2.45) is 0 Å².